The van der Waals surface area contributed by atoms with Crippen molar-refractivity contribution in [3.05, 3.63) is 102 Å². The molecule has 1 saturated carbocycles. The van der Waals surface area contributed by atoms with Gasteiger partial charge in [0.25, 0.3) is 5.91 Å². The standard InChI is InChI=1S/C29H27N7O2/c1-19-6-5-9-25(34-19)29(37)35-21-14-22(15-21)36-18-33-26-27(31-17-32-28(26)36)30-16-20-10-12-24(13-11-20)38-23-7-3-2-4-8-23/h2-13,17-18,21-22H,14-16H2,1H3,(H,35,37)(H,30,31,32). The van der Waals surface area contributed by atoms with Crippen molar-refractivity contribution in [2.45, 2.75) is 38.4 Å². The number of hydrogen-bond acceptors (Lipinski definition) is 7. The first-order chi connectivity index (χ1) is 18.6. The summed E-state index contributed by atoms with van der Waals surface area (Å²) in [5, 5.41) is 6.47. The zero-order valence-corrected chi connectivity index (χ0v) is 20.9. The normalized spacial score (nSPS) is 16.6. The number of carbonyl (C=O) groups excluding carboxylic acids is 1. The lowest BCUT2D eigenvalue weighted by Gasteiger charge is -2.36. The van der Waals surface area contributed by atoms with E-state index in [4.69, 9.17) is 4.74 Å². The first kappa shape index (κ1) is 23.6. The topological polar surface area (TPSA) is 107 Å². The van der Waals surface area contributed by atoms with Crippen molar-refractivity contribution >= 4 is 22.9 Å². The van der Waals surface area contributed by atoms with Crippen LogP contribution in [0.25, 0.3) is 11.2 Å². The molecule has 9 heteroatoms. The van der Waals surface area contributed by atoms with Crippen LogP contribution < -0.4 is 15.4 Å². The fourth-order valence-electron chi connectivity index (χ4n) is 4.60. The van der Waals surface area contributed by atoms with Gasteiger partial charge in [-0.05, 0) is 61.7 Å². The van der Waals surface area contributed by atoms with Crippen LogP contribution in [0.1, 0.15) is 40.6 Å². The minimum atomic E-state index is -0.138. The van der Waals surface area contributed by atoms with Crippen LogP contribution in [0.4, 0.5) is 5.82 Å². The van der Waals surface area contributed by atoms with E-state index in [0.29, 0.717) is 18.1 Å². The number of para-hydroxylation sites is 1. The number of carbonyl (C=O) groups is 1. The second-order valence-electron chi connectivity index (χ2n) is 9.42. The van der Waals surface area contributed by atoms with E-state index in [1.54, 1.807) is 12.4 Å². The van der Waals surface area contributed by atoms with Crippen molar-refractivity contribution in [2.24, 2.45) is 0 Å². The van der Waals surface area contributed by atoms with Gasteiger partial charge in [-0.3, -0.25) is 4.79 Å². The Morgan fingerprint density at radius 2 is 1.74 bits per heavy atom. The van der Waals surface area contributed by atoms with Gasteiger partial charge in [0.15, 0.2) is 11.5 Å². The van der Waals surface area contributed by atoms with Crippen LogP contribution in [0.3, 0.4) is 0 Å². The van der Waals surface area contributed by atoms with E-state index in [1.807, 2.05) is 80.0 Å². The smallest absolute Gasteiger partial charge is 0.270 e. The lowest BCUT2D eigenvalue weighted by molar-refractivity contribution is 0.0889. The zero-order valence-electron chi connectivity index (χ0n) is 20.9. The molecular weight excluding hydrogens is 478 g/mol. The lowest BCUT2D eigenvalue weighted by Crippen LogP contribution is -2.45. The number of rotatable bonds is 8. The highest BCUT2D eigenvalue weighted by atomic mass is 16.5. The average molecular weight is 506 g/mol. The number of hydrogen-bond donors (Lipinski definition) is 2. The number of fused-ring (bicyclic) bond motifs is 1. The molecule has 5 aromatic rings. The number of nitrogens with zero attached hydrogens (tertiary/aromatic N) is 5. The number of aryl methyl sites for hydroxylation is 1. The maximum Gasteiger partial charge on any atom is 0.270 e. The van der Waals surface area contributed by atoms with E-state index in [-0.39, 0.29) is 18.0 Å². The zero-order chi connectivity index (χ0) is 25.9. The van der Waals surface area contributed by atoms with Crippen LogP contribution in [-0.4, -0.2) is 36.5 Å². The van der Waals surface area contributed by atoms with Gasteiger partial charge in [-0.1, -0.05) is 36.4 Å². The van der Waals surface area contributed by atoms with Gasteiger partial charge in [0.2, 0.25) is 0 Å². The number of pyridine rings is 1. The Balaban J connectivity index is 1.06. The highest BCUT2D eigenvalue weighted by Gasteiger charge is 2.33. The second-order valence-corrected chi connectivity index (χ2v) is 9.42. The molecule has 1 amide bonds. The Labute approximate surface area is 220 Å². The Bertz CT molecular complexity index is 1560. The van der Waals surface area contributed by atoms with Crippen molar-refractivity contribution in [3.8, 4) is 11.5 Å². The van der Waals surface area contributed by atoms with Crippen molar-refractivity contribution in [1.29, 1.82) is 0 Å². The number of ether oxygens (including phenoxy) is 1. The summed E-state index contributed by atoms with van der Waals surface area (Å²) in [7, 11) is 0. The van der Waals surface area contributed by atoms with Crippen molar-refractivity contribution < 1.29 is 9.53 Å². The fourth-order valence-corrected chi connectivity index (χ4v) is 4.60. The minimum absolute atomic E-state index is 0.0977. The van der Waals surface area contributed by atoms with Gasteiger partial charge in [0.1, 0.15) is 29.0 Å². The fraction of sp³-hybridized carbons (Fsp3) is 0.207. The number of imidazole rings is 1. The monoisotopic (exact) mass is 505 g/mol. The van der Waals surface area contributed by atoms with Gasteiger partial charge in [-0.25, -0.2) is 19.9 Å². The van der Waals surface area contributed by atoms with Crippen LogP contribution in [-0.2, 0) is 6.54 Å². The lowest BCUT2D eigenvalue weighted by atomic mass is 9.86. The van der Waals surface area contributed by atoms with Crippen molar-refractivity contribution in [3.63, 3.8) is 0 Å². The third-order valence-electron chi connectivity index (χ3n) is 6.68. The molecule has 6 rings (SSSR count). The molecule has 0 unspecified atom stereocenters. The van der Waals surface area contributed by atoms with Gasteiger partial charge in [0.05, 0.1) is 6.33 Å². The van der Waals surface area contributed by atoms with Crippen molar-refractivity contribution in [2.75, 3.05) is 5.32 Å². The Kier molecular flexibility index (Phi) is 6.39. The van der Waals surface area contributed by atoms with Gasteiger partial charge < -0.3 is 19.9 Å². The molecule has 0 radical (unpaired) electrons. The molecule has 2 aromatic carbocycles. The Hall–Kier alpha value is -4.79. The first-order valence-corrected chi connectivity index (χ1v) is 12.6. The predicted molar refractivity (Wildman–Crippen MR) is 144 cm³/mol. The summed E-state index contributed by atoms with van der Waals surface area (Å²) in [4.78, 5) is 30.3. The van der Waals surface area contributed by atoms with Crippen LogP contribution in [0.15, 0.2) is 85.5 Å². The molecule has 3 aromatic heterocycles. The van der Waals surface area contributed by atoms with Gasteiger partial charge >= 0.3 is 0 Å². The third kappa shape index (κ3) is 5.04. The SMILES string of the molecule is Cc1cccc(C(=O)NC2CC(n3cnc4c(NCc5ccc(Oc6ccccc6)cc5)ncnc43)C2)n1. The molecule has 3 heterocycles. The molecule has 190 valence electrons. The van der Waals surface area contributed by atoms with Crippen LogP contribution in [0, 0.1) is 6.92 Å². The molecule has 38 heavy (non-hydrogen) atoms. The minimum Gasteiger partial charge on any atom is -0.457 e. The Morgan fingerprint density at radius 1 is 0.947 bits per heavy atom. The van der Waals surface area contributed by atoms with E-state index >= 15 is 0 Å². The van der Waals surface area contributed by atoms with Gasteiger partial charge in [-0.15, -0.1) is 0 Å². The van der Waals surface area contributed by atoms with E-state index in [0.717, 1.165) is 46.8 Å². The summed E-state index contributed by atoms with van der Waals surface area (Å²) in [6.45, 7) is 2.47. The summed E-state index contributed by atoms with van der Waals surface area (Å²) in [6.07, 6.45) is 4.99. The molecular formula is C29H27N7O2. The molecule has 1 aliphatic rings. The maximum absolute atomic E-state index is 12.5. The van der Waals surface area contributed by atoms with E-state index in [2.05, 4.69) is 35.1 Å². The maximum atomic E-state index is 12.5. The van der Waals surface area contributed by atoms with Gasteiger partial charge in [0, 0.05) is 24.3 Å². The molecule has 9 nitrogen and oxygen atoms in total. The van der Waals surface area contributed by atoms with Crippen LogP contribution >= 0.6 is 0 Å². The molecule has 0 saturated heterocycles. The summed E-state index contributed by atoms with van der Waals surface area (Å²) in [5.41, 5.74) is 3.88. The van der Waals surface area contributed by atoms with Crippen LogP contribution in [0.2, 0.25) is 0 Å². The highest BCUT2D eigenvalue weighted by molar-refractivity contribution is 5.92. The molecule has 1 fully saturated rings. The van der Waals surface area contributed by atoms with E-state index < -0.39 is 0 Å². The number of aromatic nitrogens is 5. The largest absolute Gasteiger partial charge is 0.457 e. The summed E-state index contributed by atoms with van der Waals surface area (Å²) in [5.74, 6) is 2.14. The number of anilines is 1. The molecule has 2 N–H and O–H groups in total. The third-order valence-corrected chi connectivity index (χ3v) is 6.68. The first-order valence-electron chi connectivity index (χ1n) is 12.6. The summed E-state index contributed by atoms with van der Waals surface area (Å²) < 4.78 is 7.95. The van der Waals surface area contributed by atoms with E-state index in [9.17, 15) is 4.79 Å². The molecule has 0 bridgehead atoms. The molecule has 0 spiro atoms. The average Bonchev–Trinajstić information content (AvgIpc) is 3.35. The van der Waals surface area contributed by atoms with E-state index in [1.165, 1.54) is 0 Å². The van der Waals surface area contributed by atoms with Crippen molar-refractivity contribution in [1.82, 2.24) is 29.8 Å². The molecule has 1 aliphatic carbocycles. The predicted octanol–water partition coefficient (Wildman–Crippen LogP) is 5.07. The number of nitrogens with one attached hydrogen (secondary N) is 2. The molecule has 0 aliphatic heterocycles. The number of amides is 1. The molecule has 0 atom stereocenters. The van der Waals surface area contributed by atoms with Gasteiger partial charge in [-0.2, -0.15) is 0 Å². The summed E-state index contributed by atoms with van der Waals surface area (Å²) >= 11 is 0. The van der Waals surface area contributed by atoms with Crippen LogP contribution in [0.5, 0.6) is 11.5 Å². The highest BCUT2D eigenvalue weighted by Crippen LogP contribution is 2.35. The second kappa shape index (κ2) is 10.3. The Morgan fingerprint density at radius 3 is 2.53 bits per heavy atom. The number of benzene rings is 2. The summed E-state index contributed by atoms with van der Waals surface area (Å²) in [6, 6.07) is 23.4. The quantitative estimate of drug-likeness (QED) is 0.303.